The highest BCUT2D eigenvalue weighted by Gasteiger charge is 2.23. The minimum Gasteiger partial charge on any atom is -0.480 e. The maximum atomic E-state index is 11.0. The first-order valence-corrected chi connectivity index (χ1v) is 5.46. The molecule has 6 nitrogen and oxygen atoms in total. The Hall–Kier alpha value is -2.21. The molecule has 0 saturated carbocycles. The molecule has 3 N–H and O–H groups in total. The van der Waals surface area contributed by atoms with Crippen LogP contribution in [0.4, 0.5) is 5.82 Å². The van der Waals surface area contributed by atoms with Gasteiger partial charge in [0.1, 0.15) is 12.1 Å². The van der Waals surface area contributed by atoms with E-state index in [0.717, 1.165) is 0 Å². The van der Waals surface area contributed by atoms with E-state index in [1.807, 2.05) is 12.1 Å². The summed E-state index contributed by atoms with van der Waals surface area (Å²) in [6, 6.07) is 6.14. The highest BCUT2D eigenvalue weighted by Crippen LogP contribution is 2.19. The molecule has 2 unspecified atom stereocenters. The van der Waals surface area contributed by atoms with Crippen LogP contribution in [0.1, 0.15) is 6.92 Å². The maximum Gasteiger partial charge on any atom is 0.328 e. The number of para-hydroxylation sites is 1. The van der Waals surface area contributed by atoms with E-state index in [1.165, 1.54) is 13.3 Å². The molecule has 0 bridgehead atoms. The summed E-state index contributed by atoms with van der Waals surface area (Å²) in [7, 11) is 0. The normalized spacial score (nSPS) is 14.1. The fourth-order valence-corrected chi connectivity index (χ4v) is 1.66. The summed E-state index contributed by atoms with van der Waals surface area (Å²) >= 11 is 0. The Balaban J connectivity index is 2.39. The number of nitrogens with one attached hydrogen (secondary N) is 1. The number of benzene rings is 1. The van der Waals surface area contributed by atoms with Gasteiger partial charge in [-0.15, -0.1) is 0 Å². The Morgan fingerprint density at radius 3 is 2.72 bits per heavy atom. The molecule has 1 heterocycles. The van der Waals surface area contributed by atoms with Gasteiger partial charge in [-0.3, -0.25) is 0 Å². The van der Waals surface area contributed by atoms with Crippen LogP contribution in [-0.4, -0.2) is 38.3 Å². The smallest absolute Gasteiger partial charge is 0.328 e. The molecule has 0 aliphatic heterocycles. The van der Waals surface area contributed by atoms with Crippen LogP contribution in [0.2, 0.25) is 0 Å². The molecule has 0 saturated heterocycles. The van der Waals surface area contributed by atoms with Crippen molar-refractivity contribution in [2.75, 3.05) is 5.32 Å². The van der Waals surface area contributed by atoms with Gasteiger partial charge in [-0.1, -0.05) is 12.1 Å². The van der Waals surface area contributed by atoms with Crippen molar-refractivity contribution in [1.82, 2.24) is 9.97 Å². The van der Waals surface area contributed by atoms with E-state index in [-0.39, 0.29) is 0 Å². The number of carboxylic acids is 1. The van der Waals surface area contributed by atoms with Gasteiger partial charge in [0, 0.05) is 5.39 Å². The molecule has 18 heavy (non-hydrogen) atoms. The first-order chi connectivity index (χ1) is 8.59. The van der Waals surface area contributed by atoms with Crippen molar-refractivity contribution >= 4 is 22.7 Å². The number of fused-ring (bicyclic) bond motifs is 1. The molecular formula is C12H13N3O3. The second kappa shape index (κ2) is 4.97. The quantitative estimate of drug-likeness (QED) is 0.742. The van der Waals surface area contributed by atoms with Gasteiger partial charge in [0.2, 0.25) is 0 Å². The molecular weight excluding hydrogens is 234 g/mol. The lowest BCUT2D eigenvalue weighted by molar-refractivity contribution is -0.140. The third-order valence-electron chi connectivity index (χ3n) is 2.58. The lowest BCUT2D eigenvalue weighted by Crippen LogP contribution is -2.39. The topological polar surface area (TPSA) is 95.3 Å². The molecule has 1 aromatic carbocycles. The Labute approximate surface area is 103 Å². The van der Waals surface area contributed by atoms with Crippen LogP contribution >= 0.6 is 0 Å². The molecule has 0 fully saturated rings. The third-order valence-corrected chi connectivity index (χ3v) is 2.58. The monoisotopic (exact) mass is 247 g/mol. The van der Waals surface area contributed by atoms with E-state index >= 15 is 0 Å². The van der Waals surface area contributed by atoms with Gasteiger partial charge < -0.3 is 15.5 Å². The van der Waals surface area contributed by atoms with Gasteiger partial charge in [-0.05, 0) is 19.1 Å². The number of carbonyl (C=O) groups is 1. The van der Waals surface area contributed by atoms with Crippen molar-refractivity contribution in [1.29, 1.82) is 0 Å². The minimum absolute atomic E-state index is 0.397. The number of hydrogen-bond donors (Lipinski definition) is 3. The molecule has 0 amide bonds. The summed E-state index contributed by atoms with van der Waals surface area (Å²) in [5, 5.41) is 21.9. The number of hydrogen-bond acceptors (Lipinski definition) is 5. The van der Waals surface area contributed by atoms with Gasteiger partial charge in [0.05, 0.1) is 11.6 Å². The van der Waals surface area contributed by atoms with E-state index < -0.39 is 18.1 Å². The molecule has 0 spiro atoms. The second-order valence-corrected chi connectivity index (χ2v) is 3.94. The first-order valence-electron chi connectivity index (χ1n) is 5.46. The van der Waals surface area contributed by atoms with Gasteiger partial charge in [0.15, 0.2) is 6.04 Å². The molecule has 2 rings (SSSR count). The Kier molecular flexibility index (Phi) is 3.38. The average molecular weight is 247 g/mol. The van der Waals surface area contributed by atoms with Gasteiger partial charge in [-0.2, -0.15) is 0 Å². The summed E-state index contributed by atoms with van der Waals surface area (Å²) in [5.74, 6) is -0.735. The van der Waals surface area contributed by atoms with Gasteiger partial charge >= 0.3 is 5.97 Å². The van der Waals surface area contributed by atoms with Crippen molar-refractivity contribution in [2.24, 2.45) is 0 Å². The number of carboxylic acid groups (broad SMARTS) is 1. The number of nitrogens with zero attached hydrogens (tertiary/aromatic N) is 2. The molecule has 6 heteroatoms. The summed E-state index contributed by atoms with van der Waals surface area (Å²) in [6.45, 7) is 1.41. The van der Waals surface area contributed by atoms with Crippen LogP contribution in [0.5, 0.6) is 0 Å². The summed E-state index contributed by atoms with van der Waals surface area (Å²) in [5.41, 5.74) is 0.713. The number of anilines is 1. The Morgan fingerprint density at radius 1 is 1.33 bits per heavy atom. The predicted octanol–water partition coefficient (Wildman–Crippen LogP) is 0.876. The van der Waals surface area contributed by atoms with E-state index in [9.17, 15) is 9.90 Å². The summed E-state index contributed by atoms with van der Waals surface area (Å²) < 4.78 is 0. The van der Waals surface area contributed by atoms with Crippen LogP contribution in [0.25, 0.3) is 10.9 Å². The number of aliphatic hydroxyl groups excluding tert-OH is 1. The number of aliphatic hydroxyl groups is 1. The van der Waals surface area contributed by atoms with Gasteiger partial charge in [0.25, 0.3) is 0 Å². The Bertz CT molecular complexity index is 566. The average Bonchev–Trinajstić information content (AvgIpc) is 2.35. The summed E-state index contributed by atoms with van der Waals surface area (Å²) in [6.07, 6.45) is 0.322. The summed E-state index contributed by atoms with van der Waals surface area (Å²) in [4.78, 5) is 19.1. The molecule has 2 aromatic rings. The lowest BCUT2D eigenvalue weighted by Gasteiger charge is -2.18. The fourth-order valence-electron chi connectivity index (χ4n) is 1.66. The molecule has 2 atom stereocenters. The number of aromatic nitrogens is 2. The molecule has 94 valence electrons. The van der Waals surface area contributed by atoms with Crippen LogP contribution in [-0.2, 0) is 4.79 Å². The molecule has 1 aromatic heterocycles. The van der Waals surface area contributed by atoms with Crippen LogP contribution in [0, 0.1) is 0 Å². The first kappa shape index (κ1) is 12.3. The zero-order valence-corrected chi connectivity index (χ0v) is 9.74. The Morgan fingerprint density at radius 2 is 2.06 bits per heavy atom. The largest absolute Gasteiger partial charge is 0.480 e. The van der Waals surface area contributed by atoms with E-state index in [2.05, 4.69) is 15.3 Å². The lowest BCUT2D eigenvalue weighted by atomic mass is 10.1. The standard InChI is InChI=1S/C12H13N3O3/c1-7(16)10(12(17)18)15-11-8-4-2-3-5-9(8)13-6-14-11/h2-7,10,16H,1H3,(H,17,18)(H,13,14,15). The van der Waals surface area contributed by atoms with Crippen molar-refractivity contribution in [3.8, 4) is 0 Å². The molecule has 0 radical (unpaired) electrons. The second-order valence-electron chi connectivity index (χ2n) is 3.94. The van der Waals surface area contributed by atoms with Crippen molar-refractivity contribution in [3.05, 3.63) is 30.6 Å². The third kappa shape index (κ3) is 2.38. The zero-order valence-electron chi connectivity index (χ0n) is 9.74. The molecule has 0 aliphatic carbocycles. The highest BCUT2D eigenvalue weighted by atomic mass is 16.4. The maximum absolute atomic E-state index is 11.0. The SMILES string of the molecule is CC(O)C(Nc1ncnc2ccccc12)C(=O)O. The fraction of sp³-hybridized carbons (Fsp3) is 0.250. The van der Waals surface area contributed by atoms with Crippen molar-refractivity contribution < 1.29 is 15.0 Å². The minimum atomic E-state index is -1.13. The number of rotatable bonds is 4. The van der Waals surface area contributed by atoms with E-state index in [4.69, 9.17) is 5.11 Å². The van der Waals surface area contributed by atoms with Crippen molar-refractivity contribution in [3.63, 3.8) is 0 Å². The van der Waals surface area contributed by atoms with E-state index in [1.54, 1.807) is 12.1 Å². The predicted molar refractivity (Wildman–Crippen MR) is 66.3 cm³/mol. The van der Waals surface area contributed by atoms with Crippen LogP contribution in [0.3, 0.4) is 0 Å². The van der Waals surface area contributed by atoms with Gasteiger partial charge in [-0.25, -0.2) is 14.8 Å². The zero-order chi connectivity index (χ0) is 13.1. The van der Waals surface area contributed by atoms with E-state index in [0.29, 0.717) is 16.7 Å². The molecule has 0 aliphatic rings. The highest BCUT2D eigenvalue weighted by molar-refractivity contribution is 5.90. The van der Waals surface area contributed by atoms with Crippen LogP contribution in [0.15, 0.2) is 30.6 Å². The number of aliphatic carboxylic acids is 1. The van der Waals surface area contributed by atoms with Crippen molar-refractivity contribution in [2.45, 2.75) is 19.1 Å². The van der Waals surface area contributed by atoms with Crippen LogP contribution < -0.4 is 5.32 Å².